The van der Waals surface area contributed by atoms with Gasteiger partial charge in [0.1, 0.15) is 5.97 Å². The van der Waals surface area contributed by atoms with E-state index in [9.17, 15) is 120 Å². The Morgan fingerprint density at radius 1 is 0.300 bits per heavy atom. The molecule has 2 nitrogen and oxygen atoms in total. The normalized spacial score (nSPS) is 16.8. The van der Waals surface area contributed by atoms with Gasteiger partial charge in [-0.05, 0) is 0 Å². The first-order chi connectivity index (χ1) is 16.7. The summed E-state index contributed by atoms with van der Waals surface area (Å²) in [5.41, 5.74) is 0. The molecule has 0 saturated heterocycles. The highest BCUT2D eigenvalue weighted by atomic mass is 19.4. The number of hydrogen-bond acceptors (Lipinski definition) is 2. The van der Waals surface area contributed by atoms with Crippen molar-refractivity contribution in [1.29, 1.82) is 0 Å². The second kappa shape index (κ2) is 8.86. The highest BCUT2D eigenvalue weighted by molar-refractivity contribution is 5.75. The standard InChI is InChI=1S/C13HF25O2/c14-2(15,1(39)40)3(16,17)4(18,19)5(20,21)6(22,23)7(24,25)8(26,27)9(28,29)10(30,31)11(32,33)12(34,35)13(36,37)38/h(H,39,40)/p-1. The van der Waals surface area contributed by atoms with E-state index in [1.807, 2.05) is 0 Å². The smallest absolute Gasteiger partial charge is 0.460 e. The van der Waals surface area contributed by atoms with Crippen molar-refractivity contribution in [2.75, 3.05) is 0 Å². The molecule has 0 unspecified atom stereocenters. The zero-order chi connectivity index (χ0) is 33.6. The Labute approximate surface area is 198 Å². The molecule has 0 rings (SSSR count). The Morgan fingerprint density at radius 2 is 0.450 bits per heavy atom. The van der Waals surface area contributed by atoms with Gasteiger partial charge in [0, 0.05) is 0 Å². The van der Waals surface area contributed by atoms with E-state index in [0.29, 0.717) is 0 Å². The highest BCUT2D eigenvalue weighted by Crippen LogP contribution is 2.67. The van der Waals surface area contributed by atoms with E-state index in [0.717, 1.165) is 0 Å². The number of carbonyl (C=O) groups excluding carboxylic acids is 1. The fourth-order valence-electron chi connectivity index (χ4n) is 2.08. The average Bonchev–Trinajstić information content (AvgIpc) is 2.71. The van der Waals surface area contributed by atoms with E-state index in [1.54, 1.807) is 0 Å². The molecule has 0 radical (unpaired) electrons. The van der Waals surface area contributed by atoms with Gasteiger partial charge in [-0.15, -0.1) is 0 Å². The van der Waals surface area contributed by atoms with Crippen LogP contribution in [0.15, 0.2) is 0 Å². The monoisotopic (exact) mass is 663 g/mol. The molecule has 240 valence electrons. The zero-order valence-electron chi connectivity index (χ0n) is 16.8. The van der Waals surface area contributed by atoms with Crippen LogP contribution in [0.1, 0.15) is 0 Å². The van der Waals surface area contributed by atoms with E-state index < -0.39 is 77.3 Å². The summed E-state index contributed by atoms with van der Waals surface area (Å²) >= 11 is 0. The lowest BCUT2D eigenvalue weighted by atomic mass is 9.84. The van der Waals surface area contributed by atoms with Crippen molar-refractivity contribution in [1.82, 2.24) is 0 Å². The van der Waals surface area contributed by atoms with Crippen LogP contribution >= 0.6 is 0 Å². The van der Waals surface area contributed by atoms with Crippen molar-refractivity contribution in [2.24, 2.45) is 0 Å². The van der Waals surface area contributed by atoms with E-state index in [4.69, 9.17) is 0 Å². The number of carboxylic acid groups (broad SMARTS) is 1. The molecule has 40 heavy (non-hydrogen) atoms. The van der Waals surface area contributed by atoms with Crippen molar-refractivity contribution in [2.45, 2.75) is 71.3 Å². The Kier molecular flexibility index (Phi) is 8.35. The topological polar surface area (TPSA) is 40.1 Å². The van der Waals surface area contributed by atoms with Crippen LogP contribution in [0.4, 0.5) is 110 Å². The maximum absolute atomic E-state index is 13.5. The molecule has 0 aromatic rings. The third-order valence-corrected chi connectivity index (χ3v) is 4.56. The average molecular weight is 663 g/mol. The summed E-state index contributed by atoms with van der Waals surface area (Å²) in [7, 11) is 0. The quantitative estimate of drug-likeness (QED) is 0.244. The summed E-state index contributed by atoms with van der Waals surface area (Å²) in [4.78, 5) is 9.76. The predicted octanol–water partition coefficient (Wildman–Crippen LogP) is 6.29. The molecule has 0 spiro atoms. The number of hydrogen-bond donors (Lipinski definition) is 0. The summed E-state index contributed by atoms with van der Waals surface area (Å²) in [6, 6.07) is 0. The van der Waals surface area contributed by atoms with E-state index in [2.05, 4.69) is 0 Å². The summed E-state index contributed by atoms with van der Waals surface area (Å²) in [5.74, 6) is -106. The molecule has 0 aliphatic carbocycles. The van der Waals surface area contributed by atoms with Crippen molar-refractivity contribution in [3.8, 4) is 0 Å². The molecule has 0 atom stereocenters. The summed E-state index contributed by atoms with van der Waals surface area (Å²) in [5, 5.41) is 9.76. The van der Waals surface area contributed by atoms with Gasteiger partial charge in [0.05, 0.1) is 0 Å². The number of carboxylic acids is 1. The molecule has 0 bridgehead atoms. The third-order valence-electron chi connectivity index (χ3n) is 4.56. The van der Waals surface area contributed by atoms with Gasteiger partial charge >= 0.3 is 71.3 Å². The molecule has 0 aromatic heterocycles. The van der Waals surface area contributed by atoms with Crippen molar-refractivity contribution >= 4 is 5.97 Å². The van der Waals surface area contributed by atoms with Gasteiger partial charge in [-0.3, -0.25) is 0 Å². The van der Waals surface area contributed by atoms with E-state index in [1.165, 1.54) is 0 Å². The van der Waals surface area contributed by atoms with Gasteiger partial charge in [-0.2, -0.15) is 110 Å². The summed E-state index contributed by atoms with van der Waals surface area (Å²) in [6.07, 6.45) is -8.21. The minimum atomic E-state index is -9.70. The maximum Gasteiger partial charge on any atom is 0.460 e. The minimum absolute atomic E-state index is 4.92. The molecule has 27 heteroatoms. The number of rotatable bonds is 11. The lowest BCUT2D eigenvalue weighted by Gasteiger charge is -2.45. The van der Waals surface area contributed by atoms with E-state index in [-0.39, 0.29) is 0 Å². The van der Waals surface area contributed by atoms with Gasteiger partial charge in [0.2, 0.25) is 0 Å². The molecule has 0 saturated carbocycles. The molecule has 0 fully saturated rings. The Balaban J connectivity index is 7.37. The number of alkyl halides is 25. The lowest BCUT2D eigenvalue weighted by molar-refractivity contribution is -0.482. The van der Waals surface area contributed by atoms with Crippen molar-refractivity contribution in [3.05, 3.63) is 0 Å². The predicted molar refractivity (Wildman–Crippen MR) is 65.5 cm³/mol. The SMILES string of the molecule is O=C([O-])C(F)(F)C(F)(F)C(F)(F)C(F)(F)C(F)(F)C(F)(F)C(F)(F)C(F)(F)C(F)(F)C(F)(F)C(F)(F)C(F)(F)F. The molecule has 0 N–H and O–H groups in total. The van der Waals surface area contributed by atoms with Gasteiger partial charge < -0.3 is 9.90 Å². The van der Waals surface area contributed by atoms with Crippen molar-refractivity contribution in [3.63, 3.8) is 0 Å². The van der Waals surface area contributed by atoms with Crippen LogP contribution in [0, 0.1) is 0 Å². The Bertz CT molecular complexity index is 970. The van der Waals surface area contributed by atoms with Crippen LogP contribution in [0.5, 0.6) is 0 Å². The van der Waals surface area contributed by atoms with Crippen LogP contribution in [0.25, 0.3) is 0 Å². The molecule has 0 aliphatic rings. The van der Waals surface area contributed by atoms with Crippen LogP contribution < -0.4 is 5.11 Å². The van der Waals surface area contributed by atoms with Gasteiger partial charge in [-0.1, -0.05) is 0 Å². The first-order valence-corrected chi connectivity index (χ1v) is 8.13. The molecule has 0 aliphatic heterocycles. The summed E-state index contributed by atoms with van der Waals surface area (Å²) in [6.45, 7) is 0. The Hall–Kier alpha value is -2.28. The molecule has 0 heterocycles. The fourth-order valence-corrected chi connectivity index (χ4v) is 2.08. The molecular weight excluding hydrogens is 663 g/mol. The molecule has 0 aromatic carbocycles. The van der Waals surface area contributed by atoms with E-state index >= 15 is 0 Å². The maximum atomic E-state index is 13.5. The first kappa shape index (κ1) is 37.7. The summed E-state index contributed by atoms with van der Waals surface area (Å²) < 4.78 is 325. The number of halogens is 25. The largest absolute Gasteiger partial charge is 0.544 e. The first-order valence-electron chi connectivity index (χ1n) is 8.13. The van der Waals surface area contributed by atoms with Crippen molar-refractivity contribution < 1.29 is 120 Å². The highest BCUT2D eigenvalue weighted by Gasteiger charge is 2.99. The number of carbonyl (C=O) groups is 1. The second-order valence-corrected chi connectivity index (χ2v) is 7.10. The van der Waals surface area contributed by atoms with Crippen LogP contribution in [-0.2, 0) is 4.79 Å². The van der Waals surface area contributed by atoms with Crippen LogP contribution in [0.2, 0.25) is 0 Å². The fraction of sp³-hybridized carbons (Fsp3) is 0.923. The molecule has 0 amide bonds. The number of aliphatic carboxylic acids is 1. The Morgan fingerprint density at radius 3 is 0.600 bits per heavy atom. The van der Waals surface area contributed by atoms with Gasteiger partial charge in [0.15, 0.2) is 0 Å². The van der Waals surface area contributed by atoms with Crippen LogP contribution in [0.3, 0.4) is 0 Å². The van der Waals surface area contributed by atoms with Gasteiger partial charge in [0.25, 0.3) is 0 Å². The van der Waals surface area contributed by atoms with Crippen LogP contribution in [-0.4, -0.2) is 77.3 Å². The van der Waals surface area contributed by atoms with Gasteiger partial charge in [-0.25, -0.2) is 0 Å². The second-order valence-electron chi connectivity index (χ2n) is 7.10. The minimum Gasteiger partial charge on any atom is -0.544 e. The lowest BCUT2D eigenvalue weighted by Crippen LogP contribution is -2.78. The molecular formula is C13F25O2-. The third kappa shape index (κ3) is 4.08. The zero-order valence-corrected chi connectivity index (χ0v) is 16.8.